The molecule has 0 atom stereocenters. The number of benzene rings is 1. The largest absolute Gasteiger partial charge is 0.742 e. The molecular weight excluding hydrogens is 252 g/mol. The minimum atomic E-state index is -4.51. The fourth-order valence-electron chi connectivity index (χ4n) is 0.867. The van der Waals surface area contributed by atoms with E-state index in [4.69, 9.17) is 9.79 Å². The van der Waals surface area contributed by atoms with Crippen LogP contribution in [-0.2, 0) is 17.1 Å². The second-order valence-corrected chi connectivity index (χ2v) is 6.22. The number of hydrogen-bond donors (Lipinski definition) is 2. The highest BCUT2D eigenvalue weighted by Gasteiger charge is 2.31. The Kier molecular flexibility index (Phi) is 3.52. The van der Waals surface area contributed by atoms with Gasteiger partial charge in [-0.25, -0.2) is 0 Å². The van der Waals surface area contributed by atoms with Crippen LogP contribution in [0.5, 0.6) is 0 Å². The molecule has 0 aliphatic rings. The summed E-state index contributed by atoms with van der Waals surface area (Å²) in [7, 11) is 0.0977. The standard InChI is InChI=1S/C7H6F3O3PS/c8-7(9,10)5-2-1-3-6(4-5)15-14(11,12)13/h1-4H,(H2-,11,12,13). The lowest BCUT2D eigenvalue weighted by molar-refractivity contribution is -0.196. The Morgan fingerprint density at radius 3 is 2.33 bits per heavy atom. The van der Waals surface area contributed by atoms with Crippen LogP contribution in [0, 0.1) is 0 Å². The molecule has 0 heterocycles. The van der Waals surface area contributed by atoms with Gasteiger partial charge < -0.3 is 14.7 Å². The molecule has 0 saturated heterocycles. The lowest BCUT2D eigenvalue weighted by atomic mass is 10.2. The molecule has 0 aromatic heterocycles. The Morgan fingerprint density at radius 2 is 1.87 bits per heavy atom. The molecule has 3 nitrogen and oxygen atoms in total. The molecule has 84 valence electrons. The van der Waals surface area contributed by atoms with Crippen molar-refractivity contribution in [1.29, 1.82) is 0 Å². The highest BCUT2D eigenvalue weighted by atomic mass is 32.5. The first kappa shape index (κ1) is 12.6. The van der Waals surface area contributed by atoms with Crippen molar-refractivity contribution in [3.63, 3.8) is 0 Å². The molecule has 0 bridgehead atoms. The molecule has 0 aliphatic heterocycles. The minimum Gasteiger partial charge on any atom is -0.742 e. The van der Waals surface area contributed by atoms with E-state index in [0.717, 1.165) is 12.1 Å². The topological polar surface area (TPSA) is 63.5 Å². The molecule has 0 amide bonds. The Morgan fingerprint density at radius 1 is 1.27 bits per heavy atom. The van der Waals surface area contributed by atoms with Gasteiger partial charge >= 0.3 is 12.9 Å². The number of rotatable bonds is 1. The van der Waals surface area contributed by atoms with Gasteiger partial charge in [0.2, 0.25) is 15.8 Å². The molecule has 1 rings (SSSR count). The van der Waals surface area contributed by atoms with E-state index in [0.29, 0.717) is 6.07 Å². The van der Waals surface area contributed by atoms with Gasteiger partial charge in [-0.15, -0.1) is 0 Å². The average molecular weight is 258 g/mol. The third kappa shape index (κ3) is 4.27. The van der Waals surface area contributed by atoms with Crippen LogP contribution in [-0.4, -0.2) is 9.79 Å². The zero-order valence-electron chi connectivity index (χ0n) is 7.10. The quantitative estimate of drug-likeness (QED) is 0.587. The summed E-state index contributed by atoms with van der Waals surface area (Å²) < 4.78 is 36.6. The third-order valence-corrected chi connectivity index (χ3v) is 3.43. The monoisotopic (exact) mass is 258 g/mol. The van der Waals surface area contributed by atoms with Gasteiger partial charge in [0.05, 0.1) is 5.56 Å². The highest BCUT2D eigenvalue weighted by molar-refractivity contribution is 8.15. The molecular formula is C7H6F3O3PS. The summed E-state index contributed by atoms with van der Waals surface area (Å²) in [5.41, 5.74) is -0.930. The summed E-state index contributed by atoms with van der Waals surface area (Å²) >= 11 is 0. The van der Waals surface area contributed by atoms with Crippen molar-refractivity contribution in [2.45, 2.75) is 11.1 Å². The normalized spacial score (nSPS) is 12.7. The van der Waals surface area contributed by atoms with Crippen LogP contribution in [0.25, 0.3) is 0 Å². The van der Waals surface area contributed by atoms with Crippen molar-refractivity contribution >= 4 is 17.7 Å². The average Bonchev–Trinajstić information content (AvgIpc) is 1.99. The van der Waals surface area contributed by atoms with Crippen molar-refractivity contribution in [1.82, 2.24) is 0 Å². The van der Waals surface area contributed by atoms with Crippen LogP contribution >= 0.6 is 6.72 Å². The van der Waals surface area contributed by atoms with Crippen LogP contribution in [0.2, 0.25) is 0 Å². The molecule has 0 unspecified atom stereocenters. The second-order valence-electron chi connectivity index (χ2n) is 2.61. The highest BCUT2D eigenvalue weighted by Crippen LogP contribution is 2.32. The maximum atomic E-state index is 12.2. The Hall–Kier alpha value is -0.460. The fourth-order valence-corrected chi connectivity index (χ4v) is 2.62. The van der Waals surface area contributed by atoms with Crippen molar-refractivity contribution in [3.05, 3.63) is 29.8 Å². The number of alkyl halides is 3. The summed E-state index contributed by atoms with van der Waals surface area (Å²) in [6, 6.07) is 3.84. The lowest BCUT2D eigenvalue weighted by Gasteiger charge is -2.05. The molecule has 0 saturated carbocycles. The fraction of sp³-hybridized carbons (Fsp3) is 0.143. The predicted molar refractivity (Wildman–Crippen MR) is 48.4 cm³/mol. The van der Waals surface area contributed by atoms with Gasteiger partial charge in [-0.1, -0.05) is 6.07 Å². The zero-order chi connectivity index (χ0) is 11.7. The Balaban J connectivity index is 3.15. The first-order chi connectivity index (χ1) is 6.68. The van der Waals surface area contributed by atoms with Crippen LogP contribution in [0.3, 0.4) is 0 Å². The summed E-state index contributed by atoms with van der Waals surface area (Å²) in [5, 5.41) is 0. The van der Waals surface area contributed by atoms with E-state index in [1.165, 1.54) is 6.07 Å². The molecule has 1 aromatic carbocycles. The number of halogens is 3. The zero-order valence-corrected chi connectivity index (χ0v) is 8.81. The van der Waals surface area contributed by atoms with Gasteiger partial charge in [-0.05, 0) is 6.07 Å². The van der Waals surface area contributed by atoms with Crippen molar-refractivity contribution < 1.29 is 27.9 Å². The van der Waals surface area contributed by atoms with E-state index < -0.39 is 18.5 Å². The van der Waals surface area contributed by atoms with Crippen LogP contribution < -0.4 is 4.89 Å². The Labute approximate surface area is 87.0 Å². The van der Waals surface area contributed by atoms with Gasteiger partial charge in [0.1, 0.15) is 0 Å². The van der Waals surface area contributed by atoms with E-state index in [9.17, 15) is 18.1 Å². The summed E-state index contributed by atoms with van der Waals surface area (Å²) in [4.78, 5) is 27.5. The van der Waals surface area contributed by atoms with Crippen molar-refractivity contribution in [2.24, 2.45) is 0 Å². The van der Waals surface area contributed by atoms with Gasteiger partial charge in [0.15, 0.2) is 0 Å². The molecule has 0 spiro atoms. The Bertz CT molecular complexity index is 404. The molecule has 1 aromatic rings. The molecule has 2 N–H and O–H groups in total. The smallest absolute Gasteiger partial charge is 0.416 e. The minimum absolute atomic E-state index is 0.0977. The summed E-state index contributed by atoms with van der Waals surface area (Å²) in [5.74, 6) is 0. The van der Waals surface area contributed by atoms with E-state index in [2.05, 4.69) is 0 Å². The summed E-state index contributed by atoms with van der Waals surface area (Å²) in [6.45, 7) is -4.41. The lowest BCUT2D eigenvalue weighted by Crippen LogP contribution is -2.05. The number of hydrogen-bond acceptors (Lipinski definition) is 1. The molecule has 0 aliphatic carbocycles. The molecule has 8 heteroatoms. The van der Waals surface area contributed by atoms with Gasteiger partial charge in [0, 0.05) is 12.1 Å². The summed E-state index contributed by atoms with van der Waals surface area (Å²) in [6.07, 6.45) is -4.51. The first-order valence-corrected chi connectivity index (χ1v) is 6.64. The van der Waals surface area contributed by atoms with Crippen LogP contribution in [0.1, 0.15) is 5.56 Å². The van der Waals surface area contributed by atoms with E-state index >= 15 is 0 Å². The third-order valence-electron chi connectivity index (χ3n) is 1.39. The maximum absolute atomic E-state index is 12.2. The van der Waals surface area contributed by atoms with Crippen molar-refractivity contribution in [2.75, 3.05) is 0 Å². The van der Waals surface area contributed by atoms with Crippen molar-refractivity contribution in [3.8, 4) is 0 Å². The second kappa shape index (κ2) is 4.19. The predicted octanol–water partition coefficient (Wildman–Crippen LogP) is 1.17. The van der Waals surface area contributed by atoms with Gasteiger partial charge in [-0.3, -0.25) is 0 Å². The van der Waals surface area contributed by atoms with E-state index in [-0.39, 0.29) is 15.8 Å². The van der Waals surface area contributed by atoms with E-state index in [1.54, 1.807) is 0 Å². The maximum Gasteiger partial charge on any atom is 0.416 e. The molecule has 0 radical (unpaired) electrons. The molecule has 15 heavy (non-hydrogen) atoms. The SMILES string of the molecule is [O-]P(O)(O)=[S+]c1cccc(C(F)(F)F)c1. The van der Waals surface area contributed by atoms with Gasteiger partial charge in [0.25, 0.3) is 0 Å². The van der Waals surface area contributed by atoms with Crippen LogP contribution in [0.15, 0.2) is 29.2 Å². The van der Waals surface area contributed by atoms with Gasteiger partial charge in [-0.2, -0.15) is 13.2 Å². The molecule has 0 fully saturated rings. The van der Waals surface area contributed by atoms with E-state index in [1.807, 2.05) is 0 Å². The first-order valence-electron chi connectivity index (χ1n) is 3.61. The van der Waals surface area contributed by atoms with Crippen LogP contribution in [0.4, 0.5) is 13.2 Å².